The quantitative estimate of drug-likeness (QED) is 0.735. The normalized spacial score (nSPS) is 20.9. The highest BCUT2D eigenvalue weighted by molar-refractivity contribution is 7.71. The summed E-state index contributed by atoms with van der Waals surface area (Å²) in [5, 5.41) is 13.3. The summed E-state index contributed by atoms with van der Waals surface area (Å²) in [5.41, 5.74) is 0.386. The minimum Gasteiger partial charge on any atom is -0.393 e. The largest absolute Gasteiger partial charge is 0.393 e. The van der Waals surface area contributed by atoms with Crippen LogP contribution in [0.25, 0.3) is 10.9 Å². The number of para-hydroxylation sites is 1. The van der Waals surface area contributed by atoms with Crippen LogP contribution in [0.4, 0.5) is 0 Å². The molecule has 24 heavy (non-hydrogen) atoms. The molecule has 0 bridgehead atoms. The van der Waals surface area contributed by atoms with Crippen LogP contribution < -0.4 is 10.9 Å². The average Bonchev–Trinajstić information content (AvgIpc) is 2.58. The number of hydrogen-bond acceptors (Lipinski definition) is 4. The molecule has 1 aromatic heterocycles. The van der Waals surface area contributed by atoms with Gasteiger partial charge in [-0.3, -0.25) is 14.2 Å². The molecule has 1 aliphatic carbocycles. The molecule has 128 valence electrons. The Bertz CT molecular complexity index is 858. The molecule has 2 atom stereocenters. The van der Waals surface area contributed by atoms with E-state index in [9.17, 15) is 14.7 Å². The third-order valence-corrected chi connectivity index (χ3v) is 4.94. The van der Waals surface area contributed by atoms with Crippen LogP contribution in [0, 0.1) is 10.7 Å². The highest BCUT2D eigenvalue weighted by Gasteiger charge is 2.23. The Hall–Kier alpha value is -1.99. The van der Waals surface area contributed by atoms with Gasteiger partial charge in [-0.15, -0.1) is 0 Å². The number of H-pyrrole nitrogens is 1. The summed E-state index contributed by atoms with van der Waals surface area (Å²) in [6, 6.07) is 7.08. The predicted molar refractivity (Wildman–Crippen MR) is 94.4 cm³/mol. The molecule has 0 radical (unpaired) electrons. The molecular formula is C17H21N3O3S. The summed E-state index contributed by atoms with van der Waals surface area (Å²) in [5.74, 6) is -0.185. The van der Waals surface area contributed by atoms with Gasteiger partial charge in [-0.25, -0.2) is 0 Å². The number of nitrogens with zero attached hydrogens (tertiary/aromatic N) is 1. The highest BCUT2D eigenvalue weighted by atomic mass is 32.1. The lowest BCUT2D eigenvalue weighted by Crippen LogP contribution is -2.39. The molecule has 0 unspecified atom stereocenters. The summed E-state index contributed by atoms with van der Waals surface area (Å²) in [4.78, 5) is 27.7. The molecule has 0 saturated heterocycles. The maximum atomic E-state index is 12.5. The van der Waals surface area contributed by atoms with Crippen LogP contribution in [0.3, 0.4) is 0 Å². The molecule has 3 N–H and O–H groups in total. The smallest absolute Gasteiger partial charge is 0.262 e. The number of nitrogens with one attached hydrogen (secondary N) is 2. The SMILES string of the molecule is O=C(Cn1c(=S)[nH]c2ccccc2c1=O)NC[C@H]1CCCC[C@H]1O. The number of carbonyl (C=O) groups excluding carboxylic acids is 1. The first-order valence-corrected chi connectivity index (χ1v) is 8.63. The minimum atomic E-state index is -0.356. The zero-order valence-electron chi connectivity index (χ0n) is 13.3. The molecule has 0 aliphatic heterocycles. The van der Waals surface area contributed by atoms with E-state index in [1.54, 1.807) is 18.2 Å². The molecular weight excluding hydrogens is 326 g/mol. The molecule has 1 aromatic carbocycles. The van der Waals surface area contributed by atoms with Crippen molar-refractivity contribution in [2.75, 3.05) is 6.54 Å². The number of aliphatic hydroxyl groups is 1. The molecule has 1 heterocycles. The average molecular weight is 347 g/mol. The minimum absolute atomic E-state index is 0.0885. The summed E-state index contributed by atoms with van der Waals surface area (Å²) in [7, 11) is 0. The Morgan fingerprint density at radius 1 is 1.33 bits per heavy atom. The van der Waals surface area contributed by atoms with Crippen LogP contribution in [0.1, 0.15) is 25.7 Å². The topological polar surface area (TPSA) is 87.1 Å². The first kappa shape index (κ1) is 16.9. The van der Waals surface area contributed by atoms with E-state index in [1.807, 2.05) is 6.07 Å². The lowest BCUT2D eigenvalue weighted by Gasteiger charge is -2.27. The molecule has 3 rings (SSSR count). The van der Waals surface area contributed by atoms with Gasteiger partial charge in [0.15, 0.2) is 4.77 Å². The number of carbonyl (C=O) groups is 1. The number of amides is 1. The summed E-state index contributed by atoms with van der Waals surface area (Å²) in [6.07, 6.45) is 3.46. The van der Waals surface area contributed by atoms with E-state index >= 15 is 0 Å². The van der Waals surface area contributed by atoms with E-state index < -0.39 is 0 Å². The fourth-order valence-electron chi connectivity index (χ4n) is 3.21. The van der Waals surface area contributed by atoms with Crippen molar-refractivity contribution in [1.82, 2.24) is 14.9 Å². The summed E-state index contributed by atoms with van der Waals surface area (Å²) < 4.78 is 1.50. The van der Waals surface area contributed by atoms with Crippen molar-refractivity contribution < 1.29 is 9.90 Å². The molecule has 2 aromatic rings. The number of hydrogen-bond donors (Lipinski definition) is 3. The van der Waals surface area contributed by atoms with E-state index in [2.05, 4.69) is 10.3 Å². The number of aromatic amines is 1. The van der Waals surface area contributed by atoms with Gasteiger partial charge in [-0.05, 0) is 37.2 Å². The van der Waals surface area contributed by atoms with Crippen molar-refractivity contribution >= 4 is 29.0 Å². The second-order valence-electron chi connectivity index (χ2n) is 6.28. The standard InChI is InChI=1S/C17H21N3O3S/c21-14-8-4-1-5-11(14)9-18-15(22)10-20-16(23)12-6-2-3-7-13(12)19-17(20)24/h2-3,6-7,11,14,21H,1,4-5,8-10H2,(H,18,22)(H,19,24)/t11-,14-/m1/s1. The maximum absolute atomic E-state index is 12.5. The second-order valence-corrected chi connectivity index (χ2v) is 6.67. The zero-order chi connectivity index (χ0) is 17.1. The fraction of sp³-hybridized carbons (Fsp3) is 0.471. The molecule has 1 saturated carbocycles. The van der Waals surface area contributed by atoms with Gasteiger partial charge in [0.1, 0.15) is 6.54 Å². The van der Waals surface area contributed by atoms with E-state index in [-0.39, 0.29) is 34.8 Å². The molecule has 7 heteroatoms. The Balaban J connectivity index is 1.71. The van der Waals surface area contributed by atoms with Crippen molar-refractivity contribution in [2.24, 2.45) is 5.92 Å². The third kappa shape index (κ3) is 3.57. The van der Waals surface area contributed by atoms with E-state index in [1.165, 1.54) is 4.57 Å². The van der Waals surface area contributed by atoms with Crippen molar-refractivity contribution in [1.29, 1.82) is 0 Å². The van der Waals surface area contributed by atoms with Crippen LogP contribution in [0.2, 0.25) is 0 Å². The first-order valence-electron chi connectivity index (χ1n) is 8.23. The van der Waals surface area contributed by atoms with Gasteiger partial charge in [0.05, 0.1) is 17.0 Å². The van der Waals surface area contributed by atoms with Crippen molar-refractivity contribution in [2.45, 2.75) is 38.3 Å². The highest BCUT2D eigenvalue weighted by Crippen LogP contribution is 2.23. The third-order valence-electron chi connectivity index (χ3n) is 4.62. The maximum Gasteiger partial charge on any atom is 0.262 e. The molecule has 0 spiro atoms. The van der Waals surface area contributed by atoms with E-state index in [4.69, 9.17) is 12.2 Å². The van der Waals surface area contributed by atoms with Crippen LogP contribution in [0.5, 0.6) is 0 Å². The lowest BCUT2D eigenvalue weighted by molar-refractivity contribution is -0.122. The fourth-order valence-corrected chi connectivity index (χ4v) is 3.47. The second kappa shape index (κ2) is 7.27. The number of rotatable bonds is 4. The van der Waals surface area contributed by atoms with E-state index in [0.717, 1.165) is 25.7 Å². The van der Waals surface area contributed by atoms with Crippen molar-refractivity contribution in [3.05, 3.63) is 39.4 Å². The van der Waals surface area contributed by atoms with Gasteiger partial charge in [0.25, 0.3) is 5.56 Å². The van der Waals surface area contributed by atoms with Crippen LogP contribution >= 0.6 is 12.2 Å². The Labute approximate surface area is 144 Å². The van der Waals surface area contributed by atoms with Gasteiger partial charge >= 0.3 is 0 Å². The van der Waals surface area contributed by atoms with Crippen molar-refractivity contribution in [3.63, 3.8) is 0 Å². The number of benzene rings is 1. The van der Waals surface area contributed by atoms with Crippen LogP contribution in [-0.4, -0.2) is 33.2 Å². The van der Waals surface area contributed by atoms with Crippen LogP contribution in [-0.2, 0) is 11.3 Å². The van der Waals surface area contributed by atoms with Gasteiger partial charge in [-0.1, -0.05) is 25.0 Å². The predicted octanol–water partition coefficient (Wildman–Crippen LogP) is 1.73. The molecule has 6 nitrogen and oxygen atoms in total. The Kier molecular flexibility index (Phi) is 5.11. The number of aliphatic hydroxyl groups excluding tert-OH is 1. The summed E-state index contributed by atoms with van der Waals surface area (Å²) in [6.45, 7) is 0.306. The lowest BCUT2D eigenvalue weighted by atomic mass is 9.86. The van der Waals surface area contributed by atoms with Gasteiger partial charge in [0, 0.05) is 12.5 Å². The molecule has 1 amide bonds. The van der Waals surface area contributed by atoms with Gasteiger partial charge in [-0.2, -0.15) is 0 Å². The van der Waals surface area contributed by atoms with Crippen LogP contribution in [0.15, 0.2) is 29.1 Å². The first-order chi connectivity index (χ1) is 11.6. The zero-order valence-corrected chi connectivity index (χ0v) is 14.1. The number of fused-ring (bicyclic) bond motifs is 1. The van der Waals surface area contributed by atoms with Gasteiger partial charge < -0.3 is 15.4 Å². The van der Waals surface area contributed by atoms with Crippen molar-refractivity contribution in [3.8, 4) is 0 Å². The molecule has 1 fully saturated rings. The van der Waals surface area contributed by atoms with E-state index in [0.29, 0.717) is 17.4 Å². The monoisotopic (exact) mass is 347 g/mol. The Morgan fingerprint density at radius 2 is 2.08 bits per heavy atom. The molecule has 1 aliphatic rings. The van der Waals surface area contributed by atoms with Gasteiger partial charge in [0.2, 0.25) is 5.91 Å². The Morgan fingerprint density at radius 3 is 2.88 bits per heavy atom. The summed E-state index contributed by atoms with van der Waals surface area (Å²) >= 11 is 5.20. The number of aromatic nitrogens is 2.